The van der Waals surface area contributed by atoms with Crippen molar-refractivity contribution < 1.29 is 14.2 Å². The predicted molar refractivity (Wildman–Crippen MR) is 96.3 cm³/mol. The van der Waals surface area contributed by atoms with Crippen molar-refractivity contribution in [2.45, 2.75) is 12.6 Å². The molecule has 0 spiro atoms. The van der Waals surface area contributed by atoms with Gasteiger partial charge in [-0.1, -0.05) is 54.6 Å². The molecule has 2 unspecified atom stereocenters. The average molecular weight is 336 g/mol. The maximum atomic E-state index is 13.9. The topological polar surface area (TPSA) is 46.5 Å². The smallest absolute Gasteiger partial charge is 0.285 e. The van der Waals surface area contributed by atoms with Crippen LogP contribution < -0.4 is 9.83 Å². The van der Waals surface area contributed by atoms with Gasteiger partial charge >= 0.3 is 0 Å². The summed E-state index contributed by atoms with van der Waals surface area (Å²) >= 11 is 0. The monoisotopic (exact) mass is 336 g/mol. The van der Waals surface area contributed by atoms with E-state index >= 15 is 0 Å². The molecule has 4 rings (SSSR count). The molecule has 120 valence electrons. The van der Waals surface area contributed by atoms with Gasteiger partial charge in [-0.25, -0.2) is 0 Å². The van der Waals surface area contributed by atoms with Crippen molar-refractivity contribution >= 4 is 12.7 Å². The second-order valence-electron chi connectivity index (χ2n) is 5.94. The second-order valence-corrected chi connectivity index (χ2v) is 8.57. The van der Waals surface area contributed by atoms with Crippen LogP contribution in [0.2, 0.25) is 0 Å². The normalized spacial score (nSPS) is 19.7. The SMILES string of the molecule is CC(c1ccccc1O)P1(=O)Oc2ccccc2-c2ccccc21. The van der Waals surface area contributed by atoms with Gasteiger partial charge in [-0.2, -0.15) is 0 Å². The number of hydrogen-bond donors (Lipinski definition) is 1. The lowest BCUT2D eigenvalue weighted by Gasteiger charge is -2.32. The van der Waals surface area contributed by atoms with Crippen molar-refractivity contribution in [3.63, 3.8) is 0 Å². The molecule has 0 amide bonds. The highest BCUT2D eigenvalue weighted by atomic mass is 31.2. The number of rotatable bonds is 2. The van der Waals surface area contributed by atoms with Crippen LogP contribution in [-0.2, 0) is 4.57 Å². The molecule has 0 saturated carbocycles. The summed E-state index contributed by atoms with van der Waals surface area (Å²) in [7, 11) is -3.24. The largest absolute Gasteiger partial charge is 0.508 e. The standard InChI is InChI=1S/C20H17O3P/c1-14(15-8-2-5-11-18(15)21)24(22)20-13-7-4-10-17(20)16-9-3-6-12-19(16)23-24/h2-14,21H,1H3. The molecule has 1 N–H and O–H groups in total. The molecule has 0 bridgehead atoms. The number of phenols is 1. The van der Waals surface area contributed by atoms with E-state index in [0.717, 1.165) is 11.1 Å². The molecule has 0 radical (unpaired) electrons. The van der Waals surface area contributed by atoms with Gasteiger partial charge < -0.3 is 9.63 Å². The van der Waals surface area contributed by atoms with Crippen molar-refractivity contribution in [3.05, 3.63) is 78.4 Å². The van der Waals surface area contributed by atoms with Gasteiger partial charge in [0, 0.05) is 11.1 Å². The van der Waals surface area contributed by atoms with Gasteiger partial charge in [-0.15, -0.1) is 0 Å². The summed E-state index contributed by atoms with van der Waals surface area (Å²) in [5.41, 5.74) is 2.07. The Kier molecular flexibility index (Phi) is 3.47. The summed E-state index contributed by atoms with van der Waals surface area (Å²) in [6.45, 7) is 1.85. The first-order chi connectivity index (χ1) is 11.6. The summed E-state index contributed by atoms with van der Waals surface area (Å²) in [4.78, 5) is 0. The van der Waals surface area contributed by atoms with Gasteiger partial charge in [-0.05, 0) is 30.7 Å². The maximum Gasteiger partial charge on any atom is 0.285 e. The zero-order valence-corrected chi connectivity index (χ0v) is 14.1. The zero-order chi connectivity index (χ0) is 16.7. The van der Waals surface area contributed by atoms with E-state index in [2.05, 4.69) is 0 Å². The van der Waals surface area contributed by atoms with E-state index < -0.39 is 13.0 Å². The fraction of sp³-hybridized carbons (Fsp3) is 0.100. The lowest BCUT2D eigenvalue weighted by atomic mass is 10.0. The van der Waals surface area contributed by atoms with Crippen molar-refractivity contribution in [1.29, 1.82) is 0 Å². The van der Waals surface area contributed by atoms with Crippen LogP contribution in [0.5, 0.6) is 11.5 Å². The third-order valence-electron chi connectivity index (χ3n) is 4.55. The molecule has 3 nitrogen and oxygen atoms in total. The molecule has 2 atom stereocenters. The van der Waals surface area contributed by atoms with Gasteiger partial charge in [0.2, 0.25) is 0 Å². The van der Waals surface area contributed by atoms with Crippen LogP contribution in [0.25, 0.3) is 11.1 Å². The Morgan fingerprint density at radius 2 is 1.50 bits per heavy atom. The zero-order valence-electron chi connectivity index (χ0n) is 13.2. The third-order valence-corrected chi connectivity index (χ3v) is 7.38. The van der Waals surface area contributed by atoms with E-state index in [0.29, 0.717) is 16.6 Å². The molecule has 0 aliphatic carbocycles. The van der Waals surface area contributed by atoms with Gasteiger partial charge in [0.15, 0.2) is 0 Å². The molecule has 1 aliphatic heterocycles. The Morgan fingerprint density at radius 1 is 0.875 bits per heavy atom. The minimum absolute atomic E-state index is 0.139. The maximum absolute atomic E-state index is 13.9. The Morgan fingerprint density at radius 3 is 2.29 bits per heavy atom. The summed E-state index contributed by atoms with van der Waals surface area (Å²) in [6, 6.07) is 22.3. The van der Waals surface area contributed by atoms with Crippen LogP contribution in [0, 0.1) is 0 Å². The van der Waals surface area contributed by atoms with Gasteiger partial charge in [0.25, 0.3) is 7.37 Å². The first kappa shape index (κ1) is 15.0. The summed E-state index contributed by atoms with van der Waals surface area (Å²) < 4.78 is 20.0. The molecule has 4 heteroatoms. The lowest BCUT2D eigenvalue weighted by Crippen LogP contribution is -2.21. The van der Waals surface area contributed by atoms with Crippen LogP contribution >= 0.6 is 7.37 Å². The Bertz CT molecular complexity index is 964. The molecule has 24 heavy (non-hydrogen) atoms. The molecule has 1 heterocycles. The van der Waals surface area contributed by atoms with Crippen LogP contribution in [0.4, 0.5) is 0 Å². The van der Waals surface area contributed by atoms with Crippen LogP contribution in [0.15, 0.2) is 72.8 Å². The van der Waals surface area contributed by atoms with E-state index in [9.17, 15) is 9.67 Å². The quantitative estimate of drug-likeness (QED) is 0.661. The molecule has 0 aromatic heterocycles. The minimum Gasteiger partial charge on any atom is -0.508 e. The van der Waals surface area contributed by atoms with Crippen molar-refractivity contribution in [2.75, 3.05) is 0 Å². The molecular weight excluding hydrogens is 319 g/mol. The molecule has 3 aromatic rings. The van der Waals surface area contributed by atoms with Crippen LogP contribution in [0.3, 0.4) is 0 Å². The first-order valence-electron chi connectivity index (χ1n) is 7.87. The van der Waals surface area contributed by atoms with Crippen molar-refractivity contribution in [2.24, 2.45) is 0 Å². The van der Waals surface area contributed by atoms with Gasteiger partial charge in [0.05, 0.1) is 11.0 Å². The van der Waals surface area contributed by atoms with Gasteiger partial charge in [0.1, 0.15) is 11.5 Å². The number of para-hydroxylation sites is 2. The Hall–Kier alpha value is -2.51. The molecule has 1 aliphatic rings. The van der Waals surface area contributed by atoms with E-state index in [-0.39, 0.29) is 5.75 Å². The van der Waals surface area contributed by atoms with E-state index in [1.165, 1.54) is 0 Å². The molecular formula is C20H17O3P. The van der Waals surface area contributed by atoms with Crippen molar-refractivity contribution in [3.8, 4) is 22.6 Å². The number of aromatic hydroxyl groups is 1. The van der Waals surface area contributed by atoms with E-state index in [1.54, 1.807) is 18.2 Å². The number of benzene rings is 3. The van der Waals surface area contributed by atoms with Crippen molar-refractivity contribution in [1.82, 2.24) is 0 Å². The molecule has 0 fully saturated rings. The van der Waals surface area contributed by atoms with E-state index in [4.69, 9.17) is 4.52 Å². The minimum atomic E-state index is -3.24. The number of fused-ring (bicyclic) bond motifs is 3. The molecule has 3 aromatic carbocycles. The van der Waals surface area contributed by atoms with E-state index in [1.807, 2.05) is 61.5 Å². The van der Waals surface area contributed by atoms with Gasteiger partial charge in [-0.3, -0.25) is 4.57 Å². The average Bonchev–Trinajstić information content (AvgIpc) is 2.62. The first-order valence-corrected chi connectivity index (χ1v) is 9.57. The Balaban J connectivity index is 1.93. The number of hydrogen-bond acceptors (Lipinski definition) is 3. The number of phenolic OH excluding ortho intramolecular Hbond substituents is 1. The molecule has 0 saturated heterocycles. The Labute approximate surface area is 141 Å². The second kappa shape index (κ2) is 5.54. The summed E-state index contributed by atoms with van der Waals surface area (Å²) in [6.07, 6.45) is 0. The van der Waals surface area contributed by atoms with Crippen LogP contribution in [0.1, 0.15) is 18.1 Å². The highest BCUT2D eigenvalue weighted by molar-refractivity contribution is 7.68. The summed E-state index contributed by atoms with van der Waals surface area (Å²) in [5.74, 6) is 0.766. The highest BCUT2D eigenvalue weighted by Crippen LogP contribution is 2.64. The van der Waals surface area contributed by atoms with Crippen LogP contribution in [-0.4, -0.2) is 5.11 Å². The fourth-order valence-electron chi connectivity index (χ4n) is 3.25. The highest BCUT2D eigenvalue weighted by Gasteiger charge is 2.42. The summed E-state index contributed by atoms with van der Waals surface area (Å²) in [5, 5.41) is 10.9. The fourth-order valence-corrected chi connectivity index (χ4v) is 5.78. The lowest BCUT2D eigenvalue weighted by molar-refractivity contribution is 0.457. The third kappa shape index (κ3) is 2.16. The predicted octanol–water partition coefficient (Wildman–Crippen LogP) is 5.12.